The van der Waals surface area contributed by atoms with Crippen LogP contribution in [-0.2, 0) is 6.42 Å². The third-order valence-corrected chi connectivity index (χ3v) is 2.79. The van der Waals surface area contributed by atoms with Crippen LogP contribution in [0.4, 0.5) is 10.3 Å². The van der Waals surface area contributed by atoms with Crippen molar-refractivity contribution in [2.75, 3.05) is 11.9 Å². The second-order valence-electron chi connectivity index (χ2n) is 3.88. The minimum Gasteiger partial charge on any atom is -0.354 e. The van der Waals surface area contributed by atoms with Crippen molar-refractivity contribution in [2.24, 2.45) is 0 Å². The molecule has 3 rings (SSSR count). The summed E-state index contributed by atoms with van der Waals surface area (Å²) >= 11 is 0. The Balaban J connectivity index is 2.06. The molecule has 1 aliphatic rings. The number of anilines is 1. The van der Waals surface area contributed by atoms with Crippen molar-refractivity contribution in [1.29, 1.82) is 0 Å². The number of halogens is 1. The molecule has 0 saturated heterocycles. The number of fused-ring (bicyclic) bond motifs is 1. The highest BCUT2D eigenvalue weighted by molar-refractivity contribution is 5.68. The molecule has 4 heteroatoms. The Morgan fingerprint density at radius 3 is 2.88 bits per heavy atom. The summed E-state index contributed by atoms with van der Waals surface area (Å²) in [4.78, 5) is 0. The fourth-order valence-electron chi connectivity index (χ4n) is 1.98. The maximum absolute atomic E-state index is 12.8. The molecule has 0 fully saturated rings. The minimum atomic E-state index is -0.237. The van der Waals surface area contributed by atoms with Gasteiger partial charge in [0.1, 0.15) is 11.5 Å². The molecular formula is C12H11FN2O. The molecular weight excluding hydrogens is 207 g/mol. The molecule has 1 aromatic heterocycles. The van der Waals surface area contributed by atoms with Gasteiger partial charge in [-0.05, 0) is 37.1 Å². The largest absolute Gasteiger partial charge is 0.354 e. The molecule has 0 aliphatic carbocycles. The van der Waals surface area contributed by atoms with Crippen LogP contribution in [0, 0.1) is 5.82 Å². The van der Waals surface area contributed by atoms with E-state index < -0.39 is 0 Å². The highest BCUT2D eigenvalue weighted by Crippen LogP contribution is 2.31. The number of nitrogens with one attached hydrogen (secondary N) is 1. The van der Waals surface area contributed by atoms with Crippen LogP contribution in [0.3, 0.4) is 0 Å². The number of nitrogens with zero attached hydrogens (tertiary/aromatic N) is 1. The first-order valence-electron chi connectivity index (χ1n) is 5.33. The quantitative estimate of drug-likeness (QED) is 0.799. The van der Waals surface area contributed by atoms with Gasteiger partial charge in [0.25, 0.3) is 0 Å². The van der Waals surface area contributed by atoms with Crippen LogP contribution in [0.15, 0.2) is 28.8 Å². The maximum atomic E-state index is 12.8. The Hall–Kier alpha value is -1.84. The Bertz CT molecular complexity index is 504. The molecule has 0 saturated carbocycles. The van der Waals surface area contributed by atoms with E-state index in [2.05, 4.69) is 10.5 Å². The lowest BCUT2D eigenvalue weighted by molar-refractivity contribution is 0.431. The van der Waals surface area contributed by atoms with E-state index in [1.807, 2.05) is 0 Å². The predicted molar refractivity (Wildman–Crippen MR) is 58.7 cm³/mol. The summed E-state index contributed by atoms with van der Waals surface area (Å²) in [5.41, 5.74) is 2.81. The third-order valence-electron chi connectivity index (χ3n) is 2.79. The van der Waals surface area contributed by atoms with Crippen LogP contribution in [0.2, 0.25) is 0 Å². The van der Waals surface area contributed by atoms with E-state index in [1.165, 1.54) is 12.1 Å². The lowest BCUT2D eigenvalue weighted by atomic mass is 10.0. The molecule has 0 bridgehead atoms. The smallest absolute Gasteiger partial charge is 0.228 e. The standard InChI is InChI=1S/C12H11FN2O/c13-9-5-3-8(4-6-9)11-10-2-1-7-14-12(10)16-15-11/h3-6,14H,1-2,7H2. The second kappa shape index (κ2) is 3.63. The molecule has 0 amide bonds. The summed E-state index contributed by atoms with van der Waals surface area (Å²) in [6.45, 7) is 0.922. The van der Waals surface area contributed by atoms with Gasteiger partial charge in [0.2, 0.25) is 5.88 Å². The summed E-state index contributed by atoms with van der Waals surface area (Å²) in [6, 6.07) is 6.32. The van der Waals surface area contributed by atoms with E-state index in [4.69, 9.17) is 4.52 Å². The topological polar surface area (TPSA) is 38.1 Å². The lowest BCUT2D eigenvalue weighted by Crippen LogP contribution is -2.09. The van der Waals surface area contributed by atoms with E-state index in [1.54, 1.807) is 12.1 Å². The minimum absolute atomic E-state index is 0.237. The van der Waals surface area contributed by atoms with Gasteiger partial charge in [-0.25, -0.2) is 4.39 Å². The molecule has 0 atom stereocenters. The Morgan fingerprint density at radius 1 is 1.25 bits per heavy atom. The van der Waals surface area contributed by atoms with E-state index in [0.29, 0.717) is 0 Å². The van der Waals surface area contributed by atoms with Crippen LogP contribution in [0.1, 0.15) is 12.0 Å². The van der Waals surface area contributed by atoms with Crippen molar-refractivity contribution in [3.05, 3.63) is 35.6 Å². The van der Waals surface area contributed by atoms with E-state index in [-0.39, 0.29) is 5.82 Å². The molecule has 2 aromatic rings. The van der Waals surface area contributed by atoms with Crippen molar-refractivity contribution < 1.29 is 8.91 Å². The molecule has 1 N–H and O–H groups in total. The lowest BCUT2D eigenvalue weighted by Gasteiger charge is -2.11. The number of rotatable bonds is 1. The highest BCUT2D eigenvalue weighted by atomic mass is 19.1. The van der Waals surface area contributed by atoms with Gasteiger partial charge in [-0.1, -0.05) is 5.16 Å². The molecule has 1 aromatic carbocycles. The molecule has 1 aliphatic heterocycles. The van der Waals surface area contributed by atoms with Gasteiger partial charge in [0.15, 0.2) is 0 Å². The van der Waals surface area contributed by atoms with Crippen molar-refractivity contribution in [3.63, 3.8) is 0 Å². The highest BCUT2D eigenvalue weighted by Gasteiger charge is 2.19. The monoisotopic (exact) mass is 218 g/mol. The Kier molecular flexibility index (Phi) is 2.13. The zero-order chi connectivity index (χ0) is 11.0. The number of hydrogen-bond acceptors (Lipinski definition) is 3. The molecule has 82 valence electrons. The Morgan fingerprint density at radius 2 is 2.06 bits per heavy atom. The summed E-state index contributed by atoms with van der Waals surface area (Å²) < 4.78 is 18.0. The summed E-state index contributed by atoms with van der Waals surface area (Å²) in [6.07, 6.45) is 2.03. The van der Waals surface area contributed by atoms with Gasteiger partial charge in [-0.3, -0.25) is 0 Å². The van der Waals surface area contributed by atoms with Crippen molar-refractivity contribution >= 4 is 5.88 Å². The van der Waals surface area contributed by atoms with Gasteiger partial charge in [-0.15, -0.1) is 0 Å². The van der Waals surface area contributed by atoms with Crippen LogP contribution in [0.5, 0.6) is 0 Å². The molecule has 0 unspecified atom stereocenters. The molecule has 16 heavy (non-hydrogen) atoms. The van der Waals surface area contributed by atoms with Gasteiger partial charge in [0.05, 0.1) is 0 Å². The Labute approximate surface area is 92.3 Å². The number of aromatic nitrogens is 1. The maximum Gasteiger partial charge on any atom is 0.228 e. The van der Waals surface area contributed by atoms with Gasteiger partial charge in [0, 0.05) is 17.7 Å². The average molecular weight is 218 g/mol. The van der Waals surface area contributed by atoms with Crippen LogP contribution < -0.4 is 5.32 Å². The fourth-order valence-corrected chi connectivity index (χ4v) is 1.98. The van der Waals surface area contributed by atoms with Crippen LogP contribution in [0.25, 0.3) is 11.3 Å². The first kappa shape index (κ1) is 9.39. The van der Waals surface area contributed by atoms with E-state index in [9.17, 15) is 4.39 Å². The normalized spacial score (nSPS) is 14.3. The average Bonchev–Trinajstić information content (AvgIpc) is 2.74. The van der Waals surface area contributed by atoms with Crippen molar-refractivity contribution in [1.82, 2.24) is 5.16 Å². The summed E-state index contributed by atoms with van der Waals surface area (Å²) in [5, 5.41) is 7.20. The molecule has 0 radical (unpaired) electrons. The summed E-state index contributed by atoms with van der Waals surface area (Å²) in [7, 11) is 0. The van der Waals surface area contributed by atoms with E-state index in [0.717, 1.165) is 42.1 Å². The van der Waals surface area contributed by atoms with Crippen LogP contribution >= 0.6 is 0 Å². The van der Waals surface area contributed by atoms with Gasteiger partial charge >= 0.3 is 0 Å². The summed E-state index contributed by atoms with van der Waals surface area (Å²) in [5.74, 6) is 0.518. The first-order valence-corrected chi connectivity index (χ1v) is 5.33. The second-order valence-corrected chi connectivity index (χ2v) is 3.88. The van der Waals surface area contributed by atoms with Gasteiger partial charge < -0.3 is 9.84 Å². The van der Waals surface area contributed by atoms with Crippen molar-refractivity contribution in [2.45, 2.75) is 12.8 Å². The first-order chi connectivity index (χ1) is 7.84. The zero-order valence-corrected chi connectivity index (χ0v) is 8.66. The molecule has 2 heterocycles. The fraction of sp³-hybridized carbons (Fsp3) is 0.250. The van der Waals surface area contributed by atoms with Crippen molar-refractivity contribution in [3.8, 4) is 11.3 Å². The van der Waals surface area contributed by atoms with Gasteiger partial charge in [-0.2, -0.15) is 0 Å². The van der Waals surface area contributed by atoms with E-state index >= 15 is 0 Å². The molecule has 3 nitrogen and oxygen atoms in total. The molecule has 0 spiro atoms. The third kappa shape index (κ3) is 1.46. The predicted octanol–water partition coefficient (Wildman–Crippen LogP) is 2.84. The number of benzene rings is 1. The SMILES string of the molecule is Fc1ccc(-c2noc3c2CCCN3)cc1. The zero-order valence-electron chi connectivity index (χ0n) is 8.66. The number of hydrogen-bond donors (Lipinski definition) is 1. The van der Waals surface area contributed by atoms with Crippen LogP contribution in [-0.4, -0.2) is 11.7 Å².